The van der Waals surface area contributed by atoms with Crippen LogP contribution in [0, 0.1) is 0 Å². The van der Waals surface area contributed by atoms with Crippen molar-refractivity contribution >= 4 is 17.5 Å². The van der Waals surface area contributed by atoms with Crippen LogP contribution in [0.4, 0.5) is 5.95 Å². The first kappa shape index (κ1) is 17.7. The van der Waals surface area contributed by atoms with Crippen molar-refractivity contribution in [3.8, 4) is 0 Å². The van der Waals surface area contributed by atoms with Crippen molar-refractivity contribution in [1.82, 2.24) is 20.2 Å². The molecule has 4 rings (SSSR count). The van der Waals surface area contributed by atoms with Gasteiger partial charge in [-0.25, -0.2) is 9.97 Å². The number of halogens is 1. The van der Waals surface area contributed by atoms with E-state index < -0.39 is 0 Å². The zero-order valence-electron chi connectivity index (χ0n) is 15.3. The first-order valence-corrected chi connectivity index (χ1v) is 9.80. The van der Waals surface area contributed by atoms with Crippen LogP contribution in [-0.2, 0) is 5.41 Å². The maximum Gasteiger partial charge on any atom is 0.225 e. The SMILES string of the molecule is CN1CCN(c2nccc(C3(c4ccccc4Cl)CCNCC3)n2)CC1. The summed E-state index contributed by atoms with van der Waals surface area (Å²) in [5, 5.41) is 4.31. The summed E-state index contributed by atoms with van der Waals surface area (Å²) in [6.45, 7) is 5.99. The van der Waals surface area contributed by atoms with Gasteiger partial charge in [-0.1, -0.05) is 29.8 Å². The number of benzene rings is 1. The van der Waals surface area contributed by atoms with Gasteiger partial charge in [0.15, 0.2) is 0 Å². The molecule has 2 fully saturated rings. The Morgan fingerprint density at radius 3 is 2.50 bits per heavy atom. The Balaban J connectivity index is 1.73. The van der Waals surface area contributed by atoms with Gasteiger partial charge in [0, 0.05) is 42.8 Å². The molecule has 0 unspecified atom stereocenters. The van der Waals surface area contributed by atoms with Crippen molar-refractivity contribution in [2.45, 2.75) is 18.3 Å². The highest BCUT2D eigenvalue weighted by Gasteiger charge is 2.39. The van der Waals surface area contributed by atoms with E-state index in [4.69, 9.17) is 16.6 Å². The van der Waals surface area contributed by atoms with E-state index in [2.05, 4.69) is 45.3 Å². The molecule has 0 radical (unpaired) electrons. The standard InChI is InChI=1S/C20H26ClN5/c1-25-12-14-26(15-13-25)19-23-9-6-18(24-19)20(7-10-22-11-8-20)16-4-2-3-5-17(16)21/h2-6,9,22H,7-8,10-15H2,1H3. The number of hydrogen-bond donors (Lipinski definition) is 1. The zero-order valence-corrected chi connectivity index (χ0v) is 16.0. The molecule has 2 aromatic rings. The van der Waals surface area contributed by atoms with E-state index in [0.29, 0.717) is 0 Å². The van der Waals surface area contributed by atoms with E-state index >= 15 is 0 Å². The quantitative estimate of drug-likeness (QED) is 0.898. The molecular weight excluding hydrogens is 346 g/mol. The molecule has 0 amide bonds. The summed E-state index contributed by atoms with van der Waals surface area (Å²) in [7, 11) is 2.16. The minimum absolute atomic E-state index is 0.145. The van der Waals surface area contributed by atoms with Crippen LogP contribution in [0.25, 0.3) is 0 Å². The Morgan fingerprint density at radius 1 is 1.04 bits per heavy atom. The molecule has 0 aliphatic carbocycles. The summed E-state index contributed by atoms with van der Waals surface area (Å²) in [4.78, 5) is 14.3. The molecular formula is C20H26ClN5. The summed E-state index contributed by atoms with van der Waals surface area (Å²) in [6.07, 6.45) is 3.91. The normalized spacial score (nSPS) is 20.9. The van der Waals surface area contributed by atoms with Gasteiger partial charge in [0.1, 0.15) is 0 Å². The number of rotatable bonds is 3. The fourth-order valence-corrected chi connectivity index (χ4v) is 4.46. The third-order valence-corrected chi connectivity index (χ3v) is 6.10. The van der Waals surface area contributed by atoms with Gasteiger partial charge in [-0.3, -0.25) is 0 Å². The number of aromatic nitrogens is 2. The van der Waals surface area contributed by atoms with Crippen molar-refractivity contribution < 1.29 is 0 Å². The largest absolute Gasteiger partial charge is 0.338 e. The maximum atomic E-state index is 6.62. The molecule has 0 saturated carbocycles. The highest BCUT2D eigenvalue weighted by Crippen LogP contribution is 2.42. The van der Waals surface area contributed by atoms with Crippen LogP contribution < -0.4 is 10.2 Å². The highest BCUT2D eigenvalue weighted by molar-refractivity contribution is 6.31. The monoisotopic (exact) mass is 371 g/mol. The second-order valence-electron chi connectivity index (χ2n) is 7.34. The van der Waals surface area contributed by atoms with E-state index in [0.717, 1.165) is 68.8 Å². The molecule has 5 nitrogen and oxygen atoms in total. The summed E-state index contributed by atoms with van der Waals surface area (Å²) in [6, 6.07) is 10.3. The Kier molecular flexibility index (Phi) is 5.11. The van der Waals surface area contributed by atoms with Crippen LogP contribution >= 0.6 is 11.6 Å². The van der Waals surface area contributed by atoms with Gasteiger partial charge in [0.25, 0.3) is 0 Å². The minimum Gasteiger partial charge on any atom is -0.338 e. The summed E-state index contributed by atoms with van der Waals surface area (Å²) in [5.74, 6) is 0.848. The van der Waals surface area contributed by atoms with Crippen LogP contribution in [0.2, 0.25) is 5.02 Å². The van der Waals surface area contributed by atoms with E-state index in [1.807, 2.05) is 18.3 Å². The molecule has 1 aromatic heterocycles. The molecule has 0 spiro atoms. The molecule has 2 saturated heterocycles. The van der Waals surface area contributed by atoms with Crippen LogP contribution in [0.3, 0.4) is 0 Å². The van der Waals surface area contributed by atoms with Gasteiger partial charge in [-0.05, 0) is 50.7 Å². The number of nitrogens with zero attached hydrogens (tertiary/aromatic N) is 4. The first-order valence-electron chi connectivity index (χ1n) is 9.42. The Labute approximate surface area is 160 Å². The maximum absolute atomic E-state index is 6.62. The van der Waals surface area contributed by atoms with Crippen LogP contribution in [0.5, 0.6) is 0 Å². The third-order valence-electron chi connectivity index (χ3n) is 5.77. The molecule has 0 atom stereocenters. The van der Waals surface area contributed by atoms with Gasteiger partial charge in [0.05, 0.1) is 5.69 Å². The number of piperazine rings is 1. The Morgan fingerprint density at radius 2 is 1.77 bits per heavy atom. The summed E-state index contributed by atoms with van der Waals surface area (Å²) < 4.78 is 0. The first-order chi connectivity index (χ1) is 12.7. The van der Waals surface area contributed by atoms with Crippen LogP contribution in [0.15, 0.2) is 36.5 Å². The topological polar surface area (TPSA) is 44.3 Å². The lowest BCUT2D eigenvalue weighted by Gasteiger charge is -2.39. The van der Waals surface area contributed by atoms with E-state index in [9.17, 15) is 0 Å². The number of nitrogens with one attached hydrogen (secondary N) is 1. The van der Waals surface area contributed by atoms with Gasteiger partial charge in [-0.2, -0.15) is 0 Å². The Bertz CT molecular complexity index is 751. The second-order valence-corrected chi connectivity index (χ2v) is 7.75. The molecule has 1 N–H and O–H groups in total. The molecule has 1 aromatic carbocycles. The predicted molar refractivity (Wildman–Crippen MR) is 106 cm³/mol. The molecule has 0 bridgehead atoms. The Hall–Kier alpha value is -1.69. The van der Waals surface area contributed by atoms with Gasteiger partial charge >= 0.3 is 0 Å². The predicted octanol–water partition coefficient (Wildman–Crippen LogP) is 2.55. The lowest BCUT2D eigenvalue weighted by molar-refractivity contribution is 0.310. The number of hydrogen-bond acceptors (Lipinski definition) is 5. The molecule has 3 heterocycles. The van der Waals surface area contributed by atoms with Crippen molar-refractivity contribution in [1.29, 1.82) is 0 Å². The minimum atomic E-state index is -0.145. The lowest BCUT2D eigenvalue weighted by atomic mass is 9.70. The number of piperidine rings is 1. The van der Waals surface area contributed by atoms with Crippen LogP contribution in [-0.4, -0.2) is 61.2 Å². The fourth-order valence-electron chi connectivity index (χ4n) is 4.14. The number of likely N-dealkylation sites (N-methyl/N-ethyl adjacent to an activating group) is 1. The zero-order chi connectivity index (χ0) is 18.0. The average molecular weight is 372 g/mol. The molecule has 26 heavy (non-hydrogen) atoms. The number of anilines is 1. The van der Waals surface area contributed by atoms with E-state index in [1.165, 1.54) is 5.56 Å². The fraction of sp³-hybridized carbons (Fsp3) is 0.500. The van der Waals surface area contributed by atoms with Crippen LogP contribution in [0.1, 0.15) is 24.1 Å². The molecule has 2 aliphatic heterocycles. The smallest absolute Gasteiger partial charge is 0.225 e. The van der Waals surface area contributed by atoms with E-state index in [-0.39, 0.29) is 5.41 Å². The van der Waals surface area contributed by atoms with Crippen molar-refractivity contribution in [2.75, 3.05) is 51.2 Å². The van der Waals surface area contributed by atoms with Gasteiger partial charge in [-0.15, -0.1) is 0 Å². The average Bonchev–Trinajstić information content (AvgIpc) is 2.69. The summed E-state index contributed by atoms with van der Waals surface area (Å²) in [5.41, 5.74) is 2.13. The lowest BCUT2D eigenvalue weighted by Crippen LogP contribution is -2.46. The molecule has 138 valence electrons. The van der Waals surface area contributed by atoms with Crippen molar-refractivity contribution in [2.24, 2.45) is 0 Å². The highest BCUT2D eigenvalue weighted by atomic mass is 35.5. The van der Waals surface area contributed by atoms with Crippen molar-refractivity contribution in [3.05, 3.63) is 52.8 Å². The van der Waals surface area contributed by atoms with Gasteiger partial charge < -0.3 is 15.1 Å². The van der Waals surface area contributed by atoms with E-state index in [1.54, 1.807) is 0 Å². The molecule has 6 heteroatoms. The van der Waals surface area contributed by atoms with Crippen molar-refractivity contribution in [3.63, 3.8) is 0 Å². The summed E-state index contributed by atoms with van der Waals surface area (Å²) >= 11 is 6.62. The molecule has 2 aliphatic rings. The third kappa shape index (κ3) is 3.31. The van der Waals surface area contributed by atoms with Gasteiger partial charge in [0.2, 0.25) is 5.95 Å². The second kappa shape index (κ2) is 7.51.